The van der Waals surface area contributed by atoms with E-state index in [1.165, 1.54) is 24.3 Å². The highest BCUT2D eigenvalue weighted by Gasteiger charge is 2.54. The SMILES string of the molecule is O=C1c2ccccc2C[C@@H](/C=C/c2ccccc2)N1S(=O)(=O)C(F)(F)F. The van der Waals surface area contributed by atoms with Gasteiger partial charge in [-0.2, -0.15) is 21.6 Å². The average molecular weight is 381 g/mol. The third kappa shape index (κ3) is 3.24. The molecule has 0 aromatic heterocycles. The minimum atomic E-state index is -5.81. The lowest BCUT2D eigenvalue weighted by Crippen LogP contribution is -2.52. The van der Waals surface area contributed by atoms with Crippen LogP contribution in [0.3, 0.4) is 0 Å². The monoisotopic (exact) mass is 381 g/mol. The summed E-state index contributed by atoms with van der Waals surface area (Å²) in [6.45, 7) is 0. The van der Waals surface area contributed by atoms with Crippen molar-refractivity contribution < 1.29 is 26.4 Å². The molecule has 2 aromatic rings. The minimum absolute atomic E-state index is 0.0272. The molecule has 0 aliphatic carbocycles. The fourth-order valence-electron chi connectivity index (χ4n) is 2.82. The first-order valence-electron chi connectivity index (χ1n) is 7.68. The smallest absolute Gasteiger partial charge is 0.268 e. The number of fused-ring (bicyclic) bond motifs is 1. The molecule has 0 N–H and O–H groups in total. The molecule has 2 aromatic carbocycles. The predicted molar refractivity (Wildman–Crippen MR) is 90.6 cm³/mol. The molecule has 1 amide bonds. The second-order valence-electron chi connectivity index (χ2n) is 5.75. The zero-order valence-corrected chi connectivity index (χ0v) is 14.2. The number of halogens is 3. The highest BCUT2D eigenvalue weighted by atomic mass is 32.2. The molecule has 0 spiro atoms. The van der Waals surface area contributed by atoms with E-state index in [1.54, 1.807) is 42.5 Å². The van der Waals surface area contributed by atoms with Crippen molar-refractivity contribution in [1.29, 1.82) is 0 Å². The van der Waals surface area contributed by atoms with Crippen molar-refractivity contribution in [3.8, 4) is 0 Å². The highest BCUT2D eigenvalue weighted by molar-refractivity contribution is 7.90. The number of alkyl halides is 3. The highest BCUT2D eigenvalue weighted by Crippen LogP contribution is 2.34. The molecule has 0 saturated heterocycles. The number of sulfonamides is 1. The molecule has 0 bridgehead atoms. The standard InChI is InChI=1S/C18H14F3NO3S/c19-18(20,21)26(24,25)22-15(11-10-13-6-2-1-3-7-13)12-14-8-4-5-9-16(14)17(22)23/h1-11,15H,12H2/b11-10+/t15-/m1/s1. The number of carbonyl (C=O) groups excluding carboxylic acids is 1. The van der Waals surface area contributed by atoms with E-state index in [0.717, 1.165) is 0 Å². The fraction of sp³-hybridized carbons (Fsp3) is 0.167. The Balaban J connectivity index is 2.07. The number of amides is 1. The van der Waals surface area contributed by atoms with Crippen LogP contribution in [0.25, 0.3) is 6.08 Å². The quantitative estimate of drug-likeness (QED) is 0.816. The van der Waals surface area contributed by atoms with E-state index in [9.17, 15) is 26.4 Å². The van der Waals surface area contributed by atoms with E-state index < -0.39 is 27.5 Å². The molecule has 3 rings (SSSR count). The van der Waals surface area contributed by atoms with Gasteiger partial charge >= 0.3 is 15.5 Å². The molecule has 0 unspecified atom stereocenters. The van der Waals surface area contributed by atoms with Gasteiger partial charge in [0, 0.05) is 5.56 Å². The van der Waals surface area contributed by atoms with Gasteiger partial charge < -0.3 is 0 Å². The van der Waals surface area contributed by atoms with Crippen LogP contribution in [0.2, 0.25) is 0 Å². The molecule has 0 fully saturated rings. The molecule has 26 heavy (non-hydrogen) atoms. The van der Waals surface area contributed by atoms with E-state index in [1.807, 2.05) is 0 Å². The van der Waals surface area contributed by atoms with E-state index in [4.69, 9.17) is 0 Å². The van der Waals surface area contributed by atoms with Crippen LogP contribution in [0.4, 0.5) is 13.2 Å². The first kappa shape index (κ1) is 18.2. The number of nitrogens with zero attached hydrogens (tertiary/aromatic N) is 1. The third-order valence-corrected chi connectivity index (χ3v) is 5.58. The summed E-state index contributed by atoms with van der Waals surface area (Å²) in [5, 5.41) is 0. The van der Waals surface area contributed by atoms with Crippen molar-refractivity contribution in [3.63, 3.8) is 0 Å². The maximum Gasteiger partial charge on any atom is 0.516 e. The van der Waals surface area contributed by atoms with Crippen LogP contribution in [0, 0.1) is 0 Å². The van der Waals surface area contributed by atoms with Gasteiger partial charge in [-0.15, -0.1) is 0 Å². The Hall–Kier alpha value is -2.61. The summed E-state index contributed by atoms with van der Waals surface area (Å²) in [5.74, 6) is -1.17. The molecular weight excluding hydrogens is 367 g/mol. The largest absolute Gasteiger partial charge is 0.516 e. The normalized spacial score (nSPS) is 18.2. The Morgan fingerprint density at radius 3 is 2.27 bits per heavy atom. The van der Waals surface area contributed by atoms with Crippen molar-refractivity contribution in [2.75, 3.05) is 0 Å². The maximum absolute atomic E-state index is 13.1. The van der Waals surface area contributed by atoms with Gasteiger partial charge in [0.05, 0.1) is 6.04 Å². The van der Waals surface area contributed by atoms with E-state index in [2.05, 4.69) is 0 Å². The number of benzene rings is 2. The Bertz CT molecular complexity index is 953. The van der Waals surface area contributed by atoms with Crippen LogP contribution in [0.15, 0.2) is 60.7 Å². The molecule has 1 atom stereocenters. The summed E-state index contributed by atoms with van der Waals surface area (Å²) in [5.41, 5.74) is -4.41. The lowest BCUT2D eigenvalue weighted by molar-refractivity contribution is -0.0490. The van der Waals surface area contributed by atoms with Gasteiger partial charge in [0.25, 0.3) is 5.91 Å². The zero-order chi connectivity index (χ0) is 18.9. The minimum Gasteiger partial charge on any atom is -0.268 e. The van der Waals surface area contributed by atoms with Gasteiger partial charge in [0.2, 0.25) is 0 Å². The van der Waals surface area contributed by atoms with Crippen molar-refractivity contribution in [2.45, 2.75) is 18.0 Å². The Morgan fingerprint density at radius 1 is 1.00 bits per heavy atom. The number of carbonyl (C=O) groups is 1. The first-order valence-corrected chi connectivity index (χ1v) is 9.12. The van der Waals surface area contributed by atoms with Gasteiger partial charge in [-0.25, -0.2) is 4.31 Å². The Morgan fingerprint density at radius 2 is 1.62 bits per heavy atom. The fourth-order valence-corrected chi connectivity index (χ4v) is 3.86. The van der Waals surface area contributed by atoms with Gasteiger partial charge in [-0.3, -0.25) is 4.79 Å². The van der Waals surface area contributed by atoms with Crippen molar-refractivity contribution in [3.05, 3.63) is 77.4 Å². The van der Waals surface area contributed by atoms with Gasteiger partial charge in [0.15, 0.2) is 0 Å². The van der Waals surface area contributed by atoms with Gasteiger partial charge in [-0.05, 0) is 23.6 Å². The van der Waals surface area contributed by atoms with Crippen LogP contribution < -0.4 is 0 Å². The zero-order valence-electron chi connectivity index (χ0n) is 13.3. The summed E-state index contributed by atoms with van der Waals surface area (Å²) in [4.78, 5) is 12.5. The van der Waals surface area contributed by atoms with E-state index in [0.29, 0.717) is 11.1 Å². The molecular formula is C18H14F3NO3S. The van der Waals surface area contributed by atoms with Crippen LogP contribution in [-0.2, 0) is 16.4 Å². The van der Waals surface area contributed by atoms with E-state index in [-0.39, 0.29) is 16.3 Å². The third-order valence-electron chi connectivity index (χ3n) is 4.04. The second kappa shape index (κ2) is 6.60. The number of rotatable bonds is 3. The maximum atomic E-state index is 13.1. The Kier molecular flexibility index (Phi) is 4.62. The average Bonchev–Trinajstić information content (AvgIpc) is 2.60. The van der Waals surface area contributed by atoms with Gasteiger partial charge in [0.1, 0.15) is 0 Å². The van der Waals surface area contributed by atoms with Crippen LogP contribution in [-0.4, -0.2) is 30.2 Å². The van der Waals surface area contributed by atoms with Gasteiger partial charge in [-0.1, -0.05) is 60.7 Å². The molecule has 1 aliphatic rings. The molecule has 0 radical (unpaired) electrons. The molecule has 4 nitrogen and oxygen atoms in total. The summed E-state index contributed by atoms with van der Waals surface area (Å²) in [6.07, 6.45) is 2.79. The van der Waals surface area contributed by atoms with Crippen molar-refractivity contribution in [1.82, 2.24) is 4.31 Å². The van der Waals surface area contributed by atoms with Crippen molar-refractivity contribution >= 4 is 22.0 Å². The molecule has 1 heterocycles. The van der Waals surface area contributed by atoms with E-state index >= 15 is 0 Å². The van der Waals surface area contributed by atoms with Crippen LogP contribution >= 0.6 is 0 Å². The number of hydrogen-bond acceptors (Lipinski definition) is 3. The van der Waals surface area contributed by atoms with Crippen LogP contribution in [0.5, 0.6) is 0 Å². The Labute approximate surface area is 148 Å². The molecule has 1 aliphatic heterocycles. The second-order valence-corrected chi connectivity index (χ2v) is 7.56. The predicted octanol–water partition coefficient (Wildman–Crippen LogP) is 3.62. The lowest BCUT2D eigenvalue weighted by atomic mass is 9.94. The summed E-state index contributed by atoms with van der Waals surface area (Å²) in [7, 11) is -5.81. The molecule has 8 heteroatoms. The summed E-state index contributed by atoms with van der Waals surface area (Å²) < 4.78 is 63.2. The first-order chi connectivity index (χ1) is 12.2. The topological polar surface area (TPSA) is 54.5 Å². The summed E-state index contributed by atoms with van der Waals surface area (Å²) >= 11 is 0. The molecule has 0 saturated carbocycles. The summed E-state index contributed by atoms with van der Waals surface area (Å²) in [6, 6.07) is 13.5. The van der Waals surface area contributed by atoms with Crippen molar-refractivity contribution in [2.24, 2.45) is 0 Å². The lowest BCUT2D eigenvalue weighted by Gasteiger charge is -2.34. The number of hydrogen-bond donors (Lipinski definition) is 0. The molecule has 136 valence electrons. The van der Waals surface area contributed by atoms with Crippen LogP contribution in [0.1, 0.15) is 21.5 Å².